The van der Waals surface area contributed by atoms with E-state index in [-0.39, 0.29) is 24.2 Å². The van der Waals surface area contributed by atoms with Gasteiger partial charge >= 0.3 is 5.97 Å². The van der Waals surface area contributed by atoms with E-state index in [4.69, 9.17) is 9.47 Å². The number of nitrogens with one attached hydrogen (secondary N) is 2. The average molecular weight is 615 g/mol. The van der Waals surface area contributed by atoms with E-state index < -0.39 is 34.9 Å². The fourth-order valence-electron chi connectivity index (χ4n) is 6.79. The molecule has 1 aliphatic heterocycles. The van der Waals surface area contributed by atoms with Gasteiger partial charge in [-0.25, -0.2) is 0 Å². The largest absolute Gasteiger partial charge is 0.481 e. The Morgan fingerprint density at radius 1 is 0.932 bits per heavy atom. The van der Waals surface area contributed by atoms with Gasteiger partial charge in [-0.1, -0.05) is 115 Å². The molecule has 1 aromatic carbocycles. The standard InChI is InChI=1S/C36H58N2O6/c1-6-7-8-9-10-11-16-21-28(24-27-19-14-12-15-20-27)32(41)38-36(22-17-13-18-23-36)29(25-30(39)40)37-33(42)31-34(2,3)26-43-35(4,5)44-31/h12,14-15,19-20,28-29,31H,6-11,13,16-18,21-26H2,1-5H3,(H,37,42)(H,38,41)(H,39,40). The van der Waals surface area contributed by atoms with Gasteiger partial charge in [0.15, 0.2) is 5.79 Å². The van der Waals surface area contributed by atoms with E-state index in [1.54, 1.807) is 13.8 Å². The molecule has 8 heteroatoms. The maximum absolute atomic E-state index is 14.2. The van der Waals surface area contributed by atoms with Crippen LogP contribution in [0.3, 0.4) is 0 Å². The number of benzene rings is 1. The molecule has 3 rings (SSSR count). The van der Waals surface area contributed by atoms with Crippen molar-refractivity contribution in [1.82, 2.24) is 10.6 Å². The number of unbranched alkanes of at least 4 members (excludes halogenated alkanes) is 6. The molecule has 8 nitrogen and oxygen atoms in total. The topological polar surface area (TPSA) is 114 Å². The Labute approximate surface area is 265 Å². The first-order valence-corrected chi connectivity index (χ1v) is 17.1. The molecule has 0 aromatic heterocycles. The maximum atomic E-state index is 14.2. The lowest BCUT2D eigenvalue weighted by Gasteiger charge is -2.47. The molecule has 1 aromatic rings. The summed E-state index contributed by atoms with van der Waals surface area (Å²) in [5.41, 5.74) is -0.332. The van der Waals surface area contributed by atoms with Crippen LogP contribution in [-0.2, 0) is 30.3 Å². The number of hydrogen-bond acceptors (Lipinski definition) is 5. The molecule has 0 spiro atoms. The molecule has 1 heterocycles. The van der Waals surface area contributed by atoms with E-state index in [9.17, 15) is 19.5 Å². The Bertz CT molecular complexity index is 1050. The predicted octanol–water partition coefficient (Wildman–Crippen LogP) is 6.94. The van der Waals surface area contributed by atoms with Crippen LogP contribution < -0.4 is 10.6 Å². The second-order valence-corrected chi connectivity index (χ2v) is 14.3. The van der Waals surface area contributed by atoms with Crippen molar-refractivity contribution in [1.29, 1.82) is 0 Å². The zero-order valence-corrected chi connectivity index (χ0v) is 27.9. The van der Waals surface area contributed by atoms with Crippen LogP contribution in [0.1, 0.15) is 130 Å². The van der Waals surface area contributed by atoms with Crippen molar-refractivity contribution in [2.24, 2.45) is 11.3 Å². The number of carbonyl (C=O) groups excluding carboxylic acids is 2. The van der Waals surface area contributed by atoms with Gasteiger partial charge < -0.3 is 25.2 Å². The highest BCUT2D eigenvalue weighted by molar-refractivity contribution is 5.84. The van der Waals surface area contributed by atoms with Crippen molar-refractivity contribution in [3.05, 3.63) is 35.9 Å². The zero-order valence-electron chi connectivity index (χ0n) is 27.9. The van der Waals surface area contributed by atoms with Crippen LogP contribution in [0.5, 0.6) is 0 Å². The van der Waals surface area contributed by atoms with Crippen LogP contribution in [0.2, 0.25) is 0 Å². The van der Waals surface area contributed by atoms with Crippen LogP contribution in [0.25, 0.3) is 0 Å². The number of carboxylic acid groups (broad SMARTS) is 1. The van der Waals surface area contributed by atoms with E-state index in [0.29, 0.717) is 25.9 Å². The Balaban J connectivity index is 1.81. The van der Waals surface area contributed by atoms with Gasteiger partial charge in [0.25, 0.3) is 0 Å². The molecule has 2 aliphatic rings. The minimum atomic E-state index is -1.01. The van der Waals surface area contributed by atoms with Crippen molar-refractivity contribution in [3.8, 4) is 0 Å². The molecule has 2 fully saturated rings. The van der Waals surface area contributed by atoms with Crippen LogP contribution in [-0.4, -0.2) is 53.0 Å². The first kappa shape index (κ1) is 36.0. The van der Waals surface area contributed by atoms with Crippen molar-refractivity contribution < 1.29 is 29.0 Å². The van der Waals surface area contributed by atoms with E-state index in [1.807, 2.05) is 32.0 Å². The molecule has 0 bridgehead atoms. The number of carbonyl (C=O) groups is 3. The fraction of sp³-hybridized carbons (Fsp3) is 0.750. The van der Waals surface area contributed by atoms with Crippen LogP contribution >= 0.6 is 0 Å². The fourth-order valence-corrected chi connectivity index (χ4v) is 6.79. The van der Waals surface area contributed by atoms with Gasteiger partial charge in [-0.3, -0.25) is 14.4 Å². The average Bonchev–Trinajstić information content (AvgIpc) is 2.98. The molecule has 44 heavy (non-hydrogen) atoms. The summed E-state index contributed by atoms with van der Waals surface area (Å²) in [5.74, 6) is -2.58. The van der Waals surface area contributed by atoms with Gasteiger partial charge in [0, 0.05) is 11.3 Å². The summed E-state index contributed by atoms with van der Waals surface area (Å²) >= 11 is 0. The predicted molar refractivity (Wildman–Crippen MR) is 173 cm³/mol. The third kappa shape index (κ3) is 10.9. The molecule has 3 unspecified atom stereocenters. The van der Waals surface area contributed by atoms with Gasteiger partial charge in [0.05, 0.1) is 24.6 Å². The summed E-state index contributed by atoms with van der Waals surface area (Å²) in [6, 6.07) is 9.34. The highest BCUT2D eigenvalue weighted by Crippen LogP contribution is 2.37. The molecule has 1 aliphatic carbocycles. The quantitative estimate of drug-likeness (QED) is 0.164. The first-order chi connectivity index (χ1) is 20.9. The minimum Gasteiger partial charge on any atom is -0.481 e. The number of rotatable bonds is 17. The lowest BCUT2D eigenvalue weighted by molar-refractivity contribution is -0.304. The molecule has 1 saturated carbocycles. The van der Waals surface area contributed by atoms with Gasteiger partial charge in [-0.15, -0.1) is 0 Å². The monoisotopic (exact) mass is 614 g/mol. The van der Waals surface area contributed by atoms with Gasteiger partial charge in [0.2, 0.25) is 11.8 Å². The molecule has 2 amide bonds. The van der Waals surface area contributed by atoms with Crippen molar-refractivity contribution in [2.45, 2.75) is 154 Å². The number of ether oxygens (including phenoxy) is 2. The van der Waals surface area contributed by atoms with Crippen LogP contribution in [0.15, 0.2) is 30.3 Å². The van der Waals surface area contributed by atoms with Crippen LogP contribution in [0.4, 0.5) is 0 Å². The van der Waals surface area contributed by atoms with Crippen molar-refractivity contribution in [3.63, 3.8) is 0 Å². The summed E-state index contributed by atoms with van der Waals surface area (Å²) in [4.78, 5) is 40.2. The van der Waals surface area contributed by atoms with E-state index in [0.717, 1.165) is 44.1 Å². The highest BCUT2D eigenvalue weighted by atomic mass is 16.7. The maximum Gasteiger partial charge on any atom is 0.305 e. The summed E-state index contributed by atoms with van der Waals surface area (Å²) in [6.45, 7) is 9.93. The molecule has 1 saturated heterocycles. The van der Waals surface area contributed by atoms with E-state index in [1.165, 1.54) is 32.1 Å². The Kier molecular flexibility index (Phi) is 13.7. The van der Waals surface area contributed by atoms with Gasteiger partial charge in [0.1, 0.15) is 6.10 Å². The second kappa shape index (κ2) is 16.7. The van der Waals surface area contributed by atoms with Crippen LogP contribution in [0, 0.1) is 11.3 Å². The summed E-state index contributed by atoms with van der Waals surface area (Å²) in [7, 11) is 0. The summed E-state index contributed by atoms with van der Waals surface area (Å²) < 4.78 is 11.9. The number of aliphatic carboxylic acids is 1. The Hall–Kier alpha value is -2.45. The van der Waals surface area contributed by atoms with E-state index >= 15 is 0 Å². The number of carboxylic acids is 1. The van der Waals surface area contributed by atoms with Gasteiger partial charge in [-0.2, -0.15) is 0 Å². The van der Waals surface area contributed by atoms with Crippen molar-refractivity contribution >= 4 is 17.8 Å². The third-order valence-corrected chi connectivity index (χ3v) is 9.47. The third-order valence-electron chi connectivity index (χ3n) is 9.47. The molecule has 3 atom stereocenters. The smallest absolute Gasteiger partial charge is 0.305 e. The minimum absolute atomic E-state index is 0.0462. The SMILES string of the molecule is CCCCCCCCCC(Cc1ccccc1)C(=O)NC1(C(CC(=O)O)NC(=O)C2OC(C)(C)OCC2(C)C)CCCCC1. The molecule has 248 valence electrons. The lowest BCUT2D eigenvalue weighted by Crippen LogP contribution is -2.66. The highest BCUT2D eigenvalue weighted by Gasteiger charge is 2.49. The second-order valence-electron chi connectivity index (χ2n) is 14.3. The number of amides is 2. The molecule has 3 N–H and O–H groups in total. The summed E-state index contributed by atoms with van der Waals surface area (Å²) in [6.07, 6.45) is 12.5. The normalized spacial score (nSPS) is 22.0. The summed E-state index contributed by atoms with van der Waals surface area (Å²) in [5, 5.41) is 16.4. The Morgan fingerprint density at radius 3 is 2.20 bits per heavy atom. The lowest BCUT2D eigenvalue weighted by atomic mass is 9.74. The zero-order chi connectivity index (χ0) is 32.2. The van der Waals surface area contributed by atoms with E-state index in [2.05, 4.69) is 29.7 Å². The number of hydrogen-bond donors (Lipinski definition) is 3. The molecule has 0 radical (unpaired) electrons. The van der Waals surface area contributed by atoms with Gasteiger partial charge in [-0.05, 0) is 45.1 Å². The molecular weight excluding hydrogens is 556 g/mol. The Morgan fingerprint density at radius 2 is 1.57 bits per heavy atom. The van der Waals surface area contributed by atoms with Crippen molar-refractivity contribution in [2.75, 3.05) is 6.61 Å². The first-order valence-electron chi connectivity index (χ1n) is 17.1. The molecular formula is C36H58N2O6.